The summed E-state index contributed by atoms with van der Waals surface area (Å²) in [5.41, 5.74) is 10.5. The minimum atomic E-state index is 0.0332. The van der Waals surface area contributed by atoms with Crippen LogP contribution in [0.25, 0.3) is 42.7 Å². The normalized spacial score (nSPS) is 12.1. The SMILES string of the molecule is Cc1ccc(C)c(-c2cc(C(C)(C)C)cc3sc(-c4ccccc4N=Cc4cccc5ccccc45)nc23)c1. The molecule has 1 aromatic heterocycles. The van der Waals surface area contributed by atoms with Gasteiger partial charge < -0.3 is 0 Å². The lowest BCUT2D eigenvalue weighted by molar-refractivity contribution is 0.591. The summed E-state index contributed by atoms with van der Waals surface area (Å²) in [4.78, 5) is 10.2. The number of hydrogen-bond acceptors (Lipinski definition) is 3. The summed E-state index contributed by atoms with van der Waals surface area (Å²) in [6, 6.07) is 34.5. The summed E-state index contributed by atoms with van der Waals surface area (Å²) in [5.74, 6) is 0. The van der Waals surface area contributed by atoms with Crippen LogP contribution in [-0.2, 0) is 5.41 Å². The average Bonchev–Trinajstić information content (AvgIpc) is 3.37. The van der Waals surface area contributed by atoms with Crippen molar-refractivity contribution in [3.05, 3.63) is 119 Å². The standard InChI is InChI=1S/C36H32N2S/c1-23-17-18-24(2)30(19-23)31-20-27(36(3,4)5)21-33-34(31)38-35(39-33)29-15-8-9-16-32(29)37-22-26-13-10-12-25-11-6-7-14-28(25)26/h6-22H,1-5H3. The number of aryl methyl sites for hydroxylation is 2. The number of aliphatic imine (C=N–C) groups is 1. The van der Waals surface area contributed by atoms with E-state index in [0.29, 0.717) is 0 Å². The highest BCUT2D eigenvalue weighted by molar-refractivity contribution is 7.21. The highest BCUT2D eigenvalue weighted by Gasteiger charge is 2.21. The molecule has 0 bridgehead atoms. The van der Waals surface area contributed by atoms with Gasteiger partial charge in [-0.15, -0.1) is 11.3 Å². The monoisotopic (exact) mass is 524 g/mol. The molecule has 1 heterocycles. The maximum absolute atomic E-state index is 5.26. The maximum atomic E-state index is 5.26. The zero-order valence-electron chi connectivity index (χ0n) is 23.1. The summed E-state index contributed by atoms with van der Waals surface area (Å²) in [6.45, 7) is 11.2. The van der Waals surface area contributed by atoms with Gasteiger partial charge in [-0.1, -0.05) is 99.1 Å². The molecule has 0 aliphatic heterocycles. The third-order valence-corrected chi connectivity index (χ3v) is 8.38. The molecule has 6 aromatic rings. The Labute approximate surface area is 234 Å². The van der Waals surface area contributed by atoms with E-state index < -0.39 is 0 Å². The Morgan fingerprint density at radius 1 is 0.744 bits per heavy atom. The molecule has 0 atom stereocenters. The lowest BCUT2D eigenvalue weighted by atomic mass is 9.84. The van der Waals surface area contributed by atoms with E-state index in [4.69, 9.17) is 9.98 Å². The van der Waals surface area contributed by atoms with Gasteiger partial charge in [0.1, 0.15) is 5.01 Å². The van der Waals surface area contributed by atoms with Crippen LogP contribution in [-0.4, -0.2) is 11.2 Å². The Kier molecular flexibility index (Phi) is 6.40. The Balaban J connectivity index is 1.51. The second-order valence-electron chi connectivity index (χ2n) is 11.3. The van der Waals surface area contributed by atoms with Crippen LogP contribution in [0.2, 0.25) is 0 Å². The molecule has 0 aliphatic rings. The van der Waals surface area contributed by atoms with Crippen molar-refractivity contribution < 1.29 is 0 Å². The minimum Gasteiger partial charge on any atom is -0.256 e. The van der Waals surface area contributed by atoms with Crippen molar-refractivity contribution in [2.45, 2.75) is 40.0 Å². The van der Waals surface area contributed by atoms with E-state index >= 15 is 0 Å². The van der Waals surface area contributed by atoms with Crippen LogP contribution < -0.4 is 0 Å². The second-order valence-corrected chi connectivity index (χ2v) is 12.3. The summed E-state index contributed by atoms with van der Waals surface area (Å²) in [5, 5.41) is 3.41. The molecule has 0 saturated carbocycles. The number of aromatic nitrogens is 1. The first-order chi connectivity index (χ1) is 18.8. The van der Waals surface area contributed by atoms with Crippen molar-refractivity contribution in [2.75, 3.05) is 0 Å². The van der Waals surface area contributed by atoms with Gasteiger partial charge in [0.2, 0.25) is 0 Å². The Bertz CT molecular complexity index is 1860. The molecule has 0 radical (unpaired) electrons. The van der Waals surface area contributed by atoms with Crippen LogP contribution in [0.4, 0.5) is 5.69 Å². The summed E-state index contributed by atoms with van der Waals surface area (Å²) in [6.07, 6.45) is 1.98. The lowest BCUT2D eigenvalue weighted by Gasteiger charge is -2.21. The first-order valence-electron chi connectivity index (χ1n) is 13.4. The van der Waals surface area contributed by atoms with Crippen LogP contribution in [0.15, 0.2) is 102 Å². The van der Waals surface area contributed by atoms with Crippen molar-refractivity contribution >= 4 is 44.2 Å². The minimum absolute atomic E-state index is 0.0332. The molecular weight excluding hydrogens is 492 g/mol. The number of rotatable bonds is 4. The van der Waals surface area contributed by atoms with Crippen molar-refractivity contribution in [1.82, 2.24) is 4.98 Å². The first kappa shape index (κ1) is 25.2. The van der Waals surface area contributed by atoms with Crippen LogP contribution >= 0.6 is 11.3 Å². The van der Waals surface area contributed by atoms with Crippen LogP contribution in [0, 0.1) is 13.8 Å². The fourth-order valence-electron chi connectivity index (χ4n) is 5.08. The van der Waals surface area contributed by atoms with Crippen LogP contribution in [0.1, 0.15) is 43.0 Å². The highest BCUT2D eigenvalue weighted by atomic mass is 32.1. The van der Waals surface area contributed by atoms with Gasteiger partial charge in [0.15, 0.2) is 0 Å². The molecule has 6 rings (SSSR count). The smallest absolute Gasteiger partial charge is 0.126 e. The molecule has 0 amide bonds. The quantitative estimate of drug-likeness (QED) is 0.211. The van der Waals surface area contributed by atoms with Gasteiger partial charge in [-0.3, -0.25) is 4.99 Å². The summed E-state index contributed by atoms with van der Waals surface area (Å²) < 4.78 is 1.21. The molecule has 39 heavy (non-hydrogen) atoms. The number of hydrogen-bond donors (Lipinski definition) is 0. The summed E-state index contributed by atoms with van der Waals surface area (Å²) in [7, 11) is 0. The van der Waals surface area contributed by atoms with Crippen molar-refractivity contribution in [1.29, 1.82) is 0 Å². The van der Waals surface area contributed by atoms with E-state index in [1.165, 1.54) is 43.3 Å². The number of fused-ring (bicyclic) bond motifs is 2. The van der Waals surface area contributed by atoms with Gasteiger partial charge in [-0.25, -0.2) is 4.98 Å². The molecule has 192 valence electrons. The molecule has 0 fully saturated rings. The fourth-order valence-corrected chi connectivity index (χ4v) is 6.14. The highest BCUT2D eigenvalue weighted by Crippen LogP contribution is 2.42. The zero-order chi connectivity index (χ0) is 27.1. The third kappa shape index (κ3) is 4.91. The van der Waals surface area contributed by atoms with E-state index in [2.05, 4.69) is 126 Å². The molecule has 5 aromatic carbocycles. The molecule has 0 saturated heterocycles. The average molecular weight is 525 g/mol. The van der Waals surface area contributed by atoms with Gasteiger partial charge in [0, 0.05) is 22.9 Å². The van der Waals surface area contributed by atoms with E-state index in [9.17, 15) is 0 Å². The van der Waals surface area contributed by atoms with Crippen molar-refractivity contribution in [2.24, 2.45) is 4.99 Å². The zero-order valence-corrected chi connectivity index (χ0v) is 23.9. The van der Waals surface area contributed by atoms with E-state index in [0.717, 1.165) is 27.3 Å². The topological polar surface area (TPSA) is 25.2 Å². The molecule has 0 N–H and O–H groups in total. The van der Waals surface area contributed by atoms with Gasteiger partial charge in [0.25, 0.3) is 0 Å². The predicted octanol–water partition coefficient (Wildman–Crippen LogP) is 10.4. The van der Waals surface area contributed by atoms with Gasteiger partial charge in [0.05, 0.1) is 15.9 Å². The second kappa shape index (κ2) is 9.91. The molecule has 0 spiro atoms. The molecule has 2 nitrogen and oxygen atoms in total. The Morgan fingerprint density at radius 2 is 1.51 bits per heavy atom. The molecule has 3 heteroatoms. The third-order valence-electron chi connectivity index (χ3n) is 7.34. The number of nitrogens with zero attached hydrogens (tertiary/aromatic N) is 2. The fraction of sp³-hybridized carbons (Fsp3) is 0.167. The van der Waals surface area contributed by atoms with Crippen LogP contribution in [0.5, 0.6) is 0 Å². The largest absolute Gasteiger partial charge is 0.256 e. The Morgan fingerprint density at radius 3 is 2.36 bits per heavy atom. The van der Waals surface area contributed by atoms with E-state index in [1.54, 1.807) is 11.3 Å². The lowest BCUT2D eigenvalue weighted by Crippen LogP contribution is -2.11. The van der Waals surface area contributed by atoms with Gasteiger partial charge in [-0.2, -0.15) is 0 Å². The number of thiazole rings is 1. The number of benzene rings is 5. The predicted molar refractivity (Wildman–Crippen MR) is 170 cm³/mol. The van der Waals surface area contributed by atoms with Gasteiger partial charge >= 0.3 is 0 Å². The van der Waals surface area contributed by atoms with Crippen molar-refractivity contribution in [3.8, 4) is 21.7 Å². The first-order valence-corrected chi connectivity index (χ1v) is 14.2. The molecular formula is C36H32N2S. The van der Waals surface area contributed by atoms with Crippen LogP contribution in [0.3, 0.4) is 0 Å². The Hall–Kier alpha value is -4.08. The molecule has 0 unspecified atom stereocenters. The van der Waals surface area contributed by atoms with E-state index in [1.807, 2.05) is 12.3 Å². The van der Waals surface area contributed by atoms with Gasteiger partial charge in [-0.05, 0) is 71.0 Å². The molecule has 0 aliphatic carbocycles. The van der Waals surface area contributed by atoms with Crippen molar-refractivity contribution in [3.63, 3.8) is 0 Å². The van der Waals surface area contributed by atoms with E-state index in [-0.39, 0.29) is 5.41 Å². The number of para-hydroxylation sites is 1. The summed E-state index contributed by atoms with van der Waals surface area (Å²) >= 11 is 1.75. The maximum Gasteiger partial charge on any atom is 0.126 e.